The van der Waals surface area contributed by atoms with Crippen LogP contribution in [0.3, 0.4) is 0 Å². The number of hydrogen-bond acceptors (Lipinski definition) is 2. The van der Waals surface area contributed by atoms with Crippen LogP contribution in [0.5, 0.6) is 0 Å². The number of hydrogen-bond donors (Lipinski definition) is 0. The molecule has 90 valence electrons. The normalized spacial score (nSPS) is 11.8. The molecule has 0 radical (unpaired) electrons. The second kappa shape index (κ2) is 3.83. The summed E-state index contributed by atoms with van der Waals surface area (Å²) < 4.78 is 52.2. The van der Waals surface area contributed by atoms with E-state index in [2.05, 4.69) is 10.1 Å². The lowest BCUT2D eigenvalue weighted by Crippen LogP contribution is -2.08. The zero-order chi connectivity index (χ0) is 12.6. The van der Waals surface area contributed by atoms with Gasteiger partial charge in [-0.15, -0.1) is 0 Å². The number of halogens is 4. The second-order valence-corrected chi connectivity index (χ2v) is 3.43. The van der Waals surface area contributed by atoms with Gasteiger partial charge in [-0.2, -0.15) is 18.3 Å². The van der Waals surface area contributed by atoms with Crippen molar-refractivity contribution < 1.29 is 17.6 Å². The third-order valence-corrected chi connectivity index (χ3v) is 2.13. The van der Waals surface area contributed by atoms with E-state index in [9.17, 15) is 17.6 Å². The van der Waals surface area contributed by atoms with Crippen LogP contribution in [0.4, 0.5) is 17.6 Å². The van der Waals surface area contributed by atoms with Crippen LogP contribution in [0, 0.1) is 5.82 Å². The van der Waals surface area contributed by atoms with E-state index < -0.39 is 17.6 Å². The van der Waals surface area contributed by atoms with Crippen molar-refractivity contribution in [1.82, 2.24) is 14.8 Å². The van der Waals surface area contributed by atoms with Crippen molar-refractivity contribution in [2.75, 3.05) is 0 Å². The lowest BCUT2D eigenvalue weighted by atomic mass is 10.1. The molecular weight excluding hydrogens is 238 g/mol. The molecule has 0 bridgehead atoms. The summed E-state index contributed by atoms with van der Waals surface area (Å²) in [6.07, 6.45) is -3.37. The first-order valence-corrected chi connectivity index (χ1v) is 4.60. The Kier molecular flexibility index (Phi) is 2.60. The van der Waals surface area contributed by atoms with Gasteiger partial charge in [0.2, 0.25) is 0 Å². The molecule has 17 heavy (non-hydrogen) atoms. The van der Waals surface area contributed by atoms with Crippen LogP contribution in [-0.4, -0.2) is 14.8 Å². The largest absolute Gasteiger partial charge is 0.417 e. The van der Waals surface area contributed by atoms with Crippen molar-refractivity contribution in [3.05, 3.63) is 35.9 Å². The SMILES string of the molecule is Cn1cnc(-c2ccc(F)cc2C(F)(F)F)n1. The molecule has 1 heterocycles. The molecule has 0 unspecified atom stereocenters. The maximum Gasteiger partial charge on any atom is 0.417 e. The standard InChI is InChI=1S/C10H7F4N3/c1-17-5-15-9(16-17)7-3-2-6(11)4-8(7)10(12,13)14/h2-5H,1H3. The highest BCUT2D eigenvalue weighted by Crippen LogP contribution is 2.36. The molecule has 0 spiro atoms. The first-order chi connectivity index (χ1) is 7.88. The van der Waals surface area contributed by atoms with Gasteiger partial charge in [0.1, 0.15) is 12.1 Å². The minimum absolute atomic E-state index is 0.0835. The lowest BCUT2D eigenvalue weighted by Gasteiger charge is -2.10. The van der Waals surface area contributed by atoms with E-state index in [0.717, 1.165) is 12.1 Å². The Bertz CT molecular complexity index is 545. The zero-order valence-electron chi connectivity index (χ0n) is 8.66. The van der Waals surface area contributed by atoms with Gasteiger partial charge < -0.3 is 0 Å². The van der Waals surface area contributed by atoms with E-state index in [1.54, 1.807) is 0 Å². The van der Waals surface area contributed by atoms with Gasteiger partial charge >= 0.3 is 6.18 Å². The quantitative estimate of drug-likeness (QED) is 0.723. The Morgan fingerprint density at radius 3 is 2.47 bits per heavy atom. The summed E-state index contributed by atoms with van der Waals surface area (Å²) in [5, 5.41) is 3.77. The van der Waals surface area contributed by atoms with E-state index in [4.69, 9.17) is 0 Å². The molecule has 0 N–H and O–H groups in total. The van der Waals surface area contributed by atoms with E-state index in [0.29, 0.717) is 6.07 Å². The summed E-state index contributed by atoms with van der Waals surface area (Å²) in [6, 6.07) is 2.40. The van der Waals surface area contributed by atoms with Crippen LogP contribution in [-0.2, 0) is 13.2 Å². The molecular formula is C10H7F4N3. The van der Waals surface area contributed by atoms with Crippen molar-refractivity contribution >= 4 is 0 Å². The van der Waals surface area contributed by atoms with Crippen molar-refractivity contribution in [3.8, 4) is 11.4 Å². The van der Waals surface area contributed by atoms with E-state index >= 15 is 0 Å². The molecule has 1 aromatic heterocycles. The highest BCUT2D eigenvalue weighted by atomic mass is 19.4. The number of benzene rings is 1. The van der Waals surface area contributed by atoms with E-state index in [1.165, 1.54) is 18.1 Å². The molecule has 3 nitrogen and oxygen atoms in total. The lowest BCUT2D eigenvalue weighted by molar-refractivity contribution is -0.137. The summed E-state index contributed by atoms with van der Waals surface area (Å²) in [7, 11) is 1.54. The van der Waals surface area contributed by atoms with Crippen LogP contribution in [0.2, 0.25) is 0 Å². The fourth-order valence-electron chi connectivity index (χ4n) is 1.41. The van der Waals surface area contributed by atoms with E-state index in [1.807, 2.05) is 0 Å². The number of aromatic nitrogens is 3. The minimum atomic E-state index is -4.64. The van der Waals surface area contributed by atoms with Gasteiger partial charge in [-0.1, -0.05) is 0 Å². The molecule has 0 saturated heterocycles. The molecule has 7 heteroatoms. The fraction of sp³-hybridized carbons (Fsp3) is 0.200. The second-order valence-electron chi connectivity index (χ2n) is 3.43. The fourth-order valence-corrected chi connectivity index (χ4v) is 1.41. The highest BCUT2D eigenvalue weighted by Gasteiger charge is 2.35. The zero-order valence-corrected chi connectivity index (χ0v) is 8.66. The molecule has 0 amide bonds. The predicted molar refractivity (Wildman–Crippen MR) is 51.4 cm³/mol. The average molecular weight is 245 g/mol. The molecule has 0 atom stereocenters. The van der Waals surface area contributed by atoms with Gasteiger partial charge in [-0.05, 0) is 18.2 Å². The van der Waals surface area contributed by atoms with Crippen LogP contribution >= 0.6 is 0 Å². The van der Waals surface area contributed by atoms with Crippen LogP contribution in [0.1, 0.15) is 5.56 Å². The third-order valence-electron chi connectivity index (χ3n) is 2.13. The molecule has 0 aliphatic carbocycles. The first kappa shape index (κ1) is 11.6. The van der Waals surface area contributed by atoms with Crippen LogP contribution < -0.4 is 0 Å². The number of alkyl halides is 3. The van der Waals surface area contributed by atoms with Crippen LogP contribution in [0.25, 0.3) is 11.4 Å². The summed E-state index contributed by atoms with van der Waals surface area (Å²) in [4.78, 5) is 3.72. The van der Waals surface area contributed by atoms with Gasteiger partial charge in [-0.3, -0.25) is 4.68 Å². The molecule has 0 saturated carbocycles. The molecule has 1 aromatic carbocycles. The molecule has 2 aromatic rings. The first-order valence-electron chi connectivity index (χ1n) is 4.60. The summed E-state index contributed by atoms with van der Waals surface area (Å²) in [6.45, 7) is 0. The van der Waals surface area contributed by atoms with Gasteiger partial charge in [0.15, 0.2) is 5.82 Å². The summed E-state index contributed by atoms with van der Waals surface area (Å²) in [5.74, 6) is -1.03. The van der Waals surface area contributed by atoms with Gasteiger partial charge in [0.05, 0.1) is 5.56 Å². The summed E-state index contributed by atoms with van der Waals surface area (Å²) in [5.41, 5.74) is -1.32. The van der Waals surface area contributed by atoms with E-state index in [-0.39, 0.29) is 11.4 Å². The Morgan fingerprint density at radius 1 is 1.24 bits per heavy atom. The van der Waals surface area contributed by atoms with Crippen molar-refractivity contribution in [3.63, 3.8) is 0 Å². The highest BCUT2D eigenvalue weighted by molar-refractivity contribution is 5.60. The third kappa shape index (κ3) is 2.27. The Morgan fingerprint density at radius 2 is 1.94 bits per heavy atom. The summed E-state index contributed by atoms with van der Waals surface area (Å²) >= 11 is 0. The predicted octanol–water partition coefficient (Wildman–Crippen LogP) is 2.64. The van der Waals surface area contributed by atoms with Crippen LogP contribution in [0.15, 0.2) is 24.5 Å². The van der Waals surface area contributed by atoms with Crippen molar-refractivity contribution in [1.29, 1.82) is 0 Å². The monoisotopic (exact) mass is 245 g/mol. The maximum atomic E-state index is 12.9. The Hall–Kier alpha value is -1.92. The van der Waals surface area contributed by atoms with Gasteiger partial charge in [0, 0.05) is 12.6 Å². The topological polar surface area (TPSA) is 30.7 Å². The molecule has 0 aliphatic heterocycles. The smallest absolute Gasteiger partial charge is 0.255 e. The average Bonchev–Trinajstić information content (AvgIpc) is 2.63. The Labute approximate surface area is 93.7 Å². The molecule has 0 aliphatic rings. The Balaban J connectivity index is 2.61. The minimum Gasteiger partial charge on any atom is -0.255 e. The number of rotatable bonds is 1. The van der Waals surface area contributed by atoms with Crippen molar-refractivity contribution in [2.24, 2.45) is 7.05 Å². The molecule has 2 rings (SSSR count). The van der Waals surface area contributed by atoms with Gasteiger partial charge in [-0.25, -0.2) is 9.37 Å². The van der Waals surface area contributed by atoms with Gasteiger partial charge in [0.25, 0.3) is 0 Å². The molecule has 0 fully saturated rings. The number of aryl methyl sites for hydroxylation is 1. The number of nitrogens with zero attached hydrogens (tertiary/aromatic N) is 3. The maximum absolute atomic E-state index is 12.9. The van der Waals surface area contributed by atoms with Crippen molar-refractivity contribution in [2.45, 2.75) is 6.18 Å².